The molecule has 0 unspecified atom stereocenters. The summed E-state index contributed by atoms with van der Waals surface area (Å²) in [5, 5.41) is 0. The third kappa shape index (κ3) is 2.08. The summed E-state index contributed by atoms with van der Waals surface area (Å²) in [5.41, 5.74) is -0.120. The van der Waals surface area contributed by atoms with Gasteiger partial charge < -0.3 is 9.30 Å². The highest BCUT2D eigenvalue weighted by molar-refractivity contribution is 4.90. The fourth-order valence-corrected chi connectivity index (χ4v) is 1.05. The molecule has 0 aromatic carbocycles. The van der Waals surface area contributed by atoms with Gasteiger partial charge in [0.15, 0.2) is 0 Å². The molecule has 12 heavy (non-hydrogen) atoms. The second-order valence-corrected chi connectivity index (χ2v) is 3.57. The monoisotopic (exact) mass is 168 g/mol. The third-order valence-corrected chi connectivity index (χ3v) is 2.03. The van der Waals surface area contributed by atoms with Crippen LogP contribution in [0.4, 0.5) is 0 Å². The summed E-state index contributed by atoms with van der Waals surface area (Å²) in [5.74, 6) is 1.03. The molecule has 1 aromatic rings. The lowest BCUT2D eigenvalue weighted by Crippen LogP contribution is -2.29. The first-order chi connectivity index (χ1) is 5.55. The Morgan fingerprint density at radius 2 is 2.25 bits per heavy atom. The topological polar surface area (TPSA) is 27.1 Å². The average Bonchev–Trinajstić information content (AvgIpc) is 2.36. The molecule has 0 saturated heterocycles. The van der Waals surface area contributed by atoms with E-state index in [9.17, 15) is 0 Å². The summed E-state index contributed by atoms with van der Waals surface area (Å²) < 4.78 is 7.40. The van der Waals surface area contributed by atoms with Crippen LogP contribution in [0.15, 0.2) is 12.4 Å². The van der Waals surface area contributed by atoms with Gasteiger partial charge in [-0.1, -0.05) is 0 Å². The van der Waals surface area contributed by atoms with E-state index >= 15 is 0 Å². The number of rotatable bonds is 3. The maximum atomic E-state index is 5.32. The van der Waals surface area contributed by atoms with Crippen LogP contribution >= 0.6 is 0 Å². The lowest BCUT2D eigenvalue weighted by atomic mass is 10.1. The number of aryl methyl sites for hydroxylation is 1. The Balaban J connectivity index is 2.70. The zero-order valence-electron chi connectivity index (χ0n) is 8.16. The zero-order chi connectivity index (χ0) is 9.19. The van der Waals surface area contributed by atoms with Crippen LogP contribution in [-0.4, -0.2) is 22.3 Å². The van der Waals surface area contributed by atoms with Gasteiger partial charge in [0.25, 0.3) is 0 Å². The fraction of sp³-hybridized carbons (Fsp3) is 0.667. The van der Waals surface area contributed by atoms with Gasteiger partial charge in [0.05, 0.1) is 12.1 Å². The van der Waals surface area contributed by atoms with Crippen LogP contribution in [0.5, 0.6) is 0 Å². The fourth-order valence-electron chi connectivity index (χ4n) is 1.05. The van der Waals surface area contributed by atoms with E-state index < -0.39 is 0 Å². The maximum absolute atomic E-state index is 5.32. The van der Waals surface area contributed by atoms with Gasteiger partial charge in [-0.25, -0.2) is 4.98 Å². The van der Waals surface area contributed by atoms with Crippen molar-refractivity contribution in [1.29, 1.82) is 0 Å². The van der Waals surface area contributed by atoms with E-state index in [0.717, 1.165) is 12.4 Å². The molecule has 3 heteroatoms. The molecule has 0 aliphatic rings. The highest BCUT2D eigenvalue weighted by atomic mass is 16.5. The molecule has 0 radical (unpaired) electrons. The molecule has 0 atom stereocenters. The van der Waals surface area contributed by atoms with E-state index in [1.807, 2.05) is 13.1 Å². The number of imidazole rings is 1. The molecule has 0 bridgehead atoms. The minimum absolute atomic E-state index is 0.120. The molecule has 0 saturated carbocycles. The second kappa shape index (κ2) is 3.27. The van der Waals surface area contributed by atoms with Gasteiger partial charge in [0, 0.05) is 19.5 Å². The summed E-state index contributed by atoms with van der Waals surface area (Å²) in [4.78, 5) is 4.14. The molecule has 0 aliphatic heterocycles. The Bertz CT molecular complexity index is 253. The number of nitrogens with zero attached hydrogens (tertiary/aromatic N) is 2. The zero-order valence-corrected chi connectivity index (χ0v) is 8.16. The van der Waals surface area contributed by atoms with Crippen molar-refractivity contribution in [2.24, 2.45) is 0 Å². The molecule has 0 N–H and O–H groups in total. The quantitative estimate of drug-likeness (QED) is 0.685. The maximum Gasteiger partial charge on any atom is 0.105 e. The van der Waals surface area contributed by atoms with Gasteiger partial charge in [0.2, 0.25) is 0 Å². The Kier molecular flexibility index (Phi) is 2.52. The van der Waals surface area contributed by atoms with E-state index in [-0.39, 0.29) is 5.60 Å². The summed E-state index contributed by atoms with van der Waals surface area (Å²) in [6, 6.07) is 0. The van der Waals surface area contributed by atoms with Gasteiger partial charge in [-0.2, -0.15) is 0 Å². The standard InChI is InChI=1S/C9H16N2O/c1-8-10-5-6-11(8)7-9(2,3)12-4/h5-6H,7H2,1-4H3. The molecule has 0 aliphatic carbocycles. The molecule has 1 rings (SSSR count). The minimum Gasteiger partial charge on any atom is -0.377 e. The van der Waals surface area contributed by atoms with E-state index in [1.165, 1.54) is 0 Å². The van der Waals surface area contributed by atoms with Gasteiger partial charge in [-0.15, -0.1) is 0 Å². The van der Waals surface area contributed by atoms with Crippen LogP contribution in [0.3, 0.4) is 0 Å². The lowest BCUT2D eigenvalue weighted by molar-refractivity contribution is 0.00770. The summed E-state index contributed by atoms with van der Waals surface area (Å²) in [6.45, 7) is 6.96. The van der Waals surface area contributed by atoms with E-state index in [4.69, 9.17) is 4.74 Å². The number of hydrogen-bond donors (Lipinski definition) is 0. The Hall–Kier alpha value is -0.830. The second-order valence-electron chi connectivity index (χ2n) is 3.57. The Morgan fingerprint density at radius 1 is 1.58 bits per heavy atom. The summed E-state index contributed by atoms with van der Waals surface area (Å²) in [6.07, 6.45) is 3.77. The van der Waals surface area contributed by atoms with Crippen molar-refractivity contribution >= 4 is 0 Å². The van der Waals surface area contributed by atoms with Crippen LogP contribution < -0.4 is 0 Å². The molecule has 0 amide bonds. The molecule has 1 aromatic heterocycles. The van der Waals surface area contributed by atoms with Gasteiger partial charge >= 0.3 is 0 Å². The molecular weight excluding hydrogens is 152 g/mol. The number of ether oxygens (including phenoxy) is 1. The molecule has 0 spiro atoms. The molecular formula is C9H16N2O. The Labute approximate surface area is 73.4 Å². The van der Waals surface area contributed by atoms with E-state index in [0.29, 0.717) is 0 Å². The van der Waals surface area contributed by atoms with Crippen LogP contribution in [0.1, 0.15) is 19.7 Å². The highest BCUT2D eigenvalue weighted by Crippen LogP contribution is 2.11. The van der Waals surface area contributed by atoms with E-state index in [1.54, 1.807) is 13.3 Å². The first-order valence-electron chi connectivity index (χ1n) is 4.08. The van der Waals surface area contributed by atoms with E-state index in [2.05, 4.69) is 23.4 Å². The number of aromatic nitrogens is 2. The third-order valence-electron chi connectivity index (χ3n) is 2.03. The van der Waals surface area contributed by atoms with Crippen molar-refractivity contribution in [2.45, 2.75) is 32.9 Å². The minimum atomic E-state index is -0.120. The first-order valence-corrected chi connectivity index (χ1v) is 4.08. The Morgan fingerprint density at radius 3 is 2.67 bits per heavy atom. The predicted octanol–water partition coefficient (Wildman–Crippen LogP) is 1.62. The normalized spacial score (nSPS) is 12.0. The van der Waals surface area contributed by atoms with Crippen molar-refractivity contribution in [1.82, 2.24) is 9.55 Å². The largest absolute Gasteiger partial charge is 0.377 e. The smallest absolute Gasteiger partial charge is 0.105 e. The summed E-state index contributed by atoms with van der Waals surface area (Å²) >= 11 is 0. The predicted molar refractivity (Wildman–Crippen MR) is 48.1 cm³/mol. The van der Waals surface area contributed by atoms with Crippen LogP contribution in [0.25, 0.3) is 0 Å². The average molecular weight is 168 g/mol. The van der Waals surface area contributed by atoms with Crippen LogP contribution in [0.2, 0.25) is 0 Å². The van der Waals surface area contributed by atoms with Gasteiger partial charge in [-0.05, 0) is 20.8 Å². The van der Waals surface area contributed by atoms with Gasteiger partial charge in [0.1, 0.15) is 5.82 Å². The van der Waals surface area contributed by atoms with Crippen molar-refractivity contribution in [3.8, 4) is 0 Å². The molecule has 68 valence electrons. The SMILES string of the molecule is COC(C)(C)Cn1ccnc1C. The number of hydrogen-bond acceptors (Lipinski definition) is 2. The van der Waals surface area contributed by atoms with Crippen molar-refractivity contribution in [3.05, 3.63) is 18.2 Å². The molecule has 0 fully saturated rings. The molecule has 3 nitrogen and oxygen atoms in total. The van der Waals surface area contributed by atoms with Crippen molar-refractivity contribution < 1.29 is 4.74 Å². The van der Waals surface area contributed by atoms with Crippen molar-refractivity contribution in [3.63, 3.8) is 0 Å². The first kappa shape index (κ1) is 9.26. The number of methoxy groups -OCH3 is 1. The lowest BCUT2D eigenvalue weighted by Gasteiger charge is -2.23. The van der Waals surface area contributed by atoms with Crippen LogP contribution in [0, 0.1) is 6.92 Å². The van der Waals surface area contributed by atoms with Crippen LogP contribution in [-0.2, 0) is 11.3 Å². The van der Waals surface area contributed by atoms with Crippen molar-refractivity contribution in [2.75, 3.05) is 7.11 Å². The summed E-state index contributed by atoms with van der Waals surface area (Å²) in [7, 11) is 1.73. The highest BCUT2D eigenvalue weighted by Gasteiger charge is 2.17. The van der Waals surface area contributed by atoms with Gasteiger partial charge in [-0.3, -0.25) is 0 Å². The molecule has 1 heterocycles.